The maximum Gasteiger partial charge on any atom is 0.273 e. The first-order valence-corrected chi connectivity index (χ1v) is 8.91. The lowest BCUT2D eigenvalue weighted by molar-refractivity contribution is -0.385. The van der Waals surface area contributed by atoms with E-state index >= 15 is 0 Å². The Bertz CT molecular complexity index is 1150. The van der Waals surface area contributed by atoms with Crippen LogP contribution in [0.1, 0.15) is 27.3 Å². The Morgan fingerprint density at radius 2 is 1.90 bits per heavy atom. The summed E-state index contributed by atoms with van der Waals surface area (Å²) in [5.74, 6) is 0.0338. The fourth-order valence-corrected chi connectivity index (χ4v) is 2.90. The van der Waals surface area contributed by atoms with Crippen LogP contribution in [0.5, 0.6) is 0 Å². The van der Waals surface area contributed by atoms with E-state index in [4.69, 9.17) is 0 Å². The normalized spacial score (nSPS) is 10.7. The highest BCUT2D eigenvalue weighted by molar-refractivity contribution is 5.94. The van der Waals surface area contributed by atoms with Crippen molar-refractivity contribution in [2.75, 3.05) is 6.54 Å². The summed E-state index contributed by atoms with van der Waals surface area (Å²) in [6.45, 7) is 5.63. The second-order valence-electron chi connectivity index (χ2n) is 6.61. The van der Waals surface area contributed by atoms with Gasteiger partial charge in [0.15, 0.2) is 5.82 Å². The highest BCUT2D eigenvalue weighted by Crippen LogP contribution is 2.19. The second kappa shape index (κ2) is 8.05. The standard InChI is InChI=1S/C19H20N6O4/c1-12-4-5-15(11-16(12)25(28)29)19(27)20-8-9-23-18(26)7-6-17(22-23)24-14(3)10-13(2)21-24/h4-7,10-11H,8-9H2,1-3H3,(H,20,27). The summed E-state index contributed by atoms with van der Waals surface area (Å²) in [5, 5.41) is 22.3. The smallest absolute Gasteiger partial charge is 0.273 e. The number of aromatic nitrogens is 4. The summed E-state index contributed by atoms with van der Waals surface area (Å²) in [5.41, 5.74) is 1.95. The van der Waals surface area contributed by atoms with Crippen LogP contribution in [0, 0.1) is 30.9 Å². The van der Waals surface area contributed by atoms with E-state index in [1.807, 2.05) is 19.9 Å². The van der Waals surface area contributed by atoms with Crippen molar-refractivity contribution >= 4 is 11.6 Å². The number of carbonyl (C=O) groups is 1. The summed E-state index contributed by atoms with van der Waals surface area (Å²) in [6, 6.07) is 9.16. The van der Waals surface area contributed by atoms with Gasteiger partial charge in [-0.3, -0.25) is 19.7 Å². The van der Waals surface area contributed by atoms with Crippen LogP contribution in [0.4, 0.5) is 5.69 Å². The van der Waals surface area contributed by atoms with Gasteiger partial charge in [0.25, 0.3) is 17.2 Å². The molecule has 0 spiro atoms. The van der Waals surface area contributed by atoms with Crippen LogP contribution in [0.15, 0.2) is 41.2 Å². The summed E-state index contributed by atoms with van der Waals surface area (Å²) in [6.07, 6.45) is 0. The van der Waals surface area contributed by atoms with Gasteiger partial charge in [-0.2, -0.15) is 5.10 Å². The molecule has 3 aromatic rings. The zero-order valence-electron chi connectivity index (χ0n) is 16.2. The predicted molar refractivity (Wildman–Crippen MR) is 105 cm³/mol. The molecule has 0 aliphatic carbocycles. The quantitative estimate of drug-likeness (QED) is 0.499. The lowest BCUT2D eigenvalue weighted by atomic mass is 10.1. The molecule has 0 saturated heterocycles. The molecule has 0 fully saturated rings. The van der Waals surface area contributed by atoms with Gasteiger partial charge in [0.2, 0.25) is 0 Å². The molecular formula is C19H20N6O4. The summed E-state index contributed by atoms with van der Waals surface area (Å²) in [7, 11) is 0. The highest BCUT2D eigenvalue weighted by Gasteiger charge is 2.15. The van der Waals surface area contributed by atoms with Gasteiger partial charge in [0.05, 0.1) is 17.2 Å². The van der Waals surface area contributed by atoms with Crippen LogP contribution < -0.4 is 10.9 Å². The molecule has 0 unspecified atom stereocenters. The SMILES string of the molecule is Cc1cc(C)n(-c2ccc(=O)n(CCNC(=O)c3ccc(C)c([N+](=O)[O-])c3)n2)n1. The van der Waals surface area contributed by atoms with Gasteiger partial charge in [0.1, 0.15) is 0 Å². The number of aryl methyl sites for hydroxylation is 3. The number of nitrogens with one attached hydrogen (secondary N) is 1. The number of nitrogens with zero attached hydrogens (tertiary/aromatic N) is 5. The monoisotopic (exact) mass is 396 g/mol. The first kappa shape index (κ1) is 19.9. The Balaban J connectivity index is 1.71. The number of rotatable bonds is 6. The molecule has 150 valence electrons. The topological polar surface area (TPSA) is 125 Å². The Morgan fingerprint density at radius 3 is 2.55 bits per heavy atom. The van der Waals surface area contributed by atoms with Crippen LogP contribution in [0.3, 0.4) is 0 Å². The molecular weight excluding hydrogens is 376 g/mol. The Labute approximate surface area is 165 Å². The van der Waals surface area contributed by atoms with E-state index in [0.717, 1.165) is 11.4 Å². The number of amides is 1. The zero-order valence-corrected chi connectivity index (χ0v) is 16.2. The van der Waals surface area contributed by atoms with Gasteiger partial charge in [-0.15, -0.1) is 5.10 Å². The van der Waals surface area contributed by atoms with Crippen LogP contribution >= 0.6 is 0 Å². The van der Waals surface area contributed by atoms with E-state index in [2.05, 4.69) is 15.5 Å². The zero-order chi connectivity index (χ0) is 21.1. The van der Waals surface area contributed by atoms with Crippen molar-refractivity contribution in [1.29, 1.82) is 0 Å². The maximum atomic E-state index is 12.3. The minimum Gasteiger partial charge on any atom is -0.350 e. The van der Waals surface area contributed by atoms with Gasteiger partial charge >= 0.3 is 0 Å². The third-order valence-electron chi connectivity index (χ3n) is 4.36. The van der Waals surface area contributed by atoms with E-state index in [1.165, 1.54) is 28.9 Å². The summed E-state index contributed by atoms with van der Waals surface area (Å²) >= 11 is 0. The van der Waals surface area contributed by atoms with E-state index in [-0.39, 0.29) is 29.9 Å². The summed E-state index contributed by atoms with van der Waals surface area (Å²) in [4.78, 5) is 34.9. The molecule has 0 bridgehead atoms. The third kappa shape index (κ3) is 4.37. The minimum atomic E-state index is -0.528. The largest absolute Gasteiger partial charge is 0.350 e. The van der Waals surface area contributed by atoms with Crippen molar-refractivity contribution in [3.63, 3.8) is 0 Å². The van der Waals surface area contributed by atoms with Crippen LogP contribution in [0.2, 0.25) is 0 Å². The van der Waals surface area contributed by atoms with E-state index in [1.54, 1.807) is 17.7 Å². The fraction of sp³-hybridized carbons (Fsp3) is 0.263. The number of carbonyl (C=O) groups excluding carboxylic acids is 1. The Kier molecular flexibility index (Phi) is 5.53. The fourth-order valence-electron chi connectivity index (χ4n) is 2.90. The van der Waals surface area contributed by atoms with E-state index in [9.17, 15) is 19.7 Å². The van der Waals surface area contributed by atoms with Crippen LogP contribution in [-0.2, 0) is 6.54 Å². The molecule has 0 aliphatic heterocycles. The number of hydrogen-bond donors (Lipinski definition) is 1. The maximum absolute atomic E-state index is 12.3. The third-order valence-corrected chi connectivity index (χ3v) is 4.36. The molecule has 10 nitrogen and oxygen atoms in total. The molecule has 2 heterocycles. The average molecular weight is 396 g/mol. The lowest BCUT2D eigenvalue weighted by Crippen LogP contribution is -2.32. The number of benzene rings is 1. The molecule has 0 saturated carbocycles. The molecule has 0 atom stereocenters. The number of nitro groups is 1. The molecule has 1 aromatic carbocycles. The molecule has 1 amide bonds. The van der Waals surface area contributed by atoms with Crippen molar-refractivity contribution in [2.45, 2.75) is 27.3 Å². The Morgan fingerprint density at radius 1 is 1.14 bits per heavy atom. The number of nitro benzene ring substituents is 1. The van der Waals surface area contributed by atoms with E-state index in [0.29, 0.717) is 11.4 Å². The van der Waals surface area contributed by atoms with Gasteiger partial charge in [-0.25, -0.2) is 9.36 Å². The van der Waals surface area contributed by atoms with Crippen molar-refractivity contribution in [3.05, 3.63) is 79.4 Å². The van der Waals surface area contributed by atoms with Gasteiger partial charge < -0.3 is 5.32 Å². The van der Waals surface area contributed by atoms with Crippen molar-refractivity contribution in [1.82, 2.24) is 24.9 Å². The molecule has 0 radical (unpaired) electrons. The molecule has 0 aliphatic rings. The molecule has 2 aromatic heterocycles. The predicted octanol–water partition coefficient (Wildman–Crippen LogP) is 1.69. The van der Waals surface area contributed by atoms with Crippen LogP contribution in [0.25, 0.3) is 5.82 Å². The van der Waals surface area contributed by atoms with Gasteiger partial charge in [-0.1, -0.05) is 6.07 Å². The molecule has 1 N–H and O–H groups in total. The van der Waals surface area contributed by atoms with Crippen molar-refractivity contribution in [2.24, 2.45) is 0 Å². The van der Waals surface area contributed by atoms with Crippen molar-refractivity contribution < 1.29 is 9.72 Å². The van der Waals surface area contributed by atoms with E-state index < -0.39 is 10.8 Å². The van der Waals surface area contributed by atoms with Crippen LogP contribution in [-0.4, -0.2) is 36.9 Å². The number of hydrogen-bond acceptors (Lipinski definition) is 6. The lowest BCUT2D eigenvalue weighted by Gasteiger charge is -2.09. The Hall–Kier alpha value is -3.82. The molecule has 10 heteroatoms. The van der Waals surface area contributed by atoms with Crippen molar-refractivity contribution in [3.8, 4) is 5.82 Å². The highest BCUT2D eigenvalue weighted by atomic mass is 16.6. The molecule has 3 rings (SSSR count). The van der Waals surface area contributed by atoms with Gasteiger partial charge in [-0.05, 0) is 39.0 Å². The average Bonchev–Trinajstić information content (AvgIpc) is 3.01. The van der Waals surface area contributed by atoms with Gasteiger partial charge in [0, 0.05) is 35.5 Å². The first-order chi connectivity index (χ1) is 13.8. The molecule has 29 heavy (non-hydrogen) atoms. The second-order valence-corrected chi connectivity index (χ2v) is 6.61. The minimum absolute atomic E-state index is 0.117. The first-order valence-electron chi connectivity index (χ1n) is 8.91. The summed E-state index contributed by atoms with van der Waals surface area (Å²) < 4.78 is 2.87.